The molecular formula is C17H12F3NO2. The van der Waals surface area contributed by atoms with Crippen LogP contribution in [0.2, 0.25) is 0 Å². The molecule has 0 spiro atoms. The molecule has 0 saturated carbocycles. The summed E-state index contributed by atoms with van der Waals surface area (Å²) in [5, 5.41) is 0. The van der Waals surface area contributed by atoms with Crippen molar-refractivity contribution in [2.24, 2.45) is 0 Å². The second kappa shape index (κ2) is 6.53. The molecule has 118 valence electrons. The van der Waals surface area contributed by atoms with Gasteiger partial charge in [-0.15, -0.1) is 6.42 Å². The molecule has 2 aromatic rings. The second-order valence-corrected chi connectivity index (χ2v) is 4.56. The van der Waals surface area contributed by atoms with E-state index in [9.17, 15) is 18.0 Å². The van der Waals surface area contributed by atoms with Crippen molar-refractivity contribution in [3.05, 3.63) is 53.3 Å². The van der Waals surface area contributed by atoms with Gasteiger partial charge in [-0.1, -0.05) is 12.1 Å². The van der Waals surface area contributed by atoms with Crippen molar-refractivity contribution in [2.75, 3.05) is 6.61 Å². The van der Waals surface area contributed by atoms with Gasteiger partial charge in [0.15, 0.2) is 0 Å². The number of hydrogen-bond donors (Lipinski definition) is 0. The summed E-state index contributed by atoms with van der Waals surface area (Å²) in [6, 6.07) is 6.01. The molecule has 0 aliphatic heterocycles. The average Bonchev–Trinajstić information content (AvgIpc) is 2.54. The van der Waals surface area contributed by atoms with Gasteiger partial charge >= 0.3 is 12.1 Å². The smallest absolute Gasteiger partial charge is 0.416 e. The van der Waals surface area contributed by atoms with E-state index in [1.165, 1.54) is 24.4 Å². The zero-order valence-corrected chi connectivity index (χ0v) is 12.1. The third-order valence-corrected chi connectivity index (χ3v) is 3.07. The molecule has 1 heterocycles. The maximum Gasteiger partial charge on any atom is 0.416 e. The Bertz CT molecular complexity index is 759. The van der Waals surface area contributed by atoms with Crippen LogP contribution < -0.4 is 0 Å². The number of aromatic nitrogens is 1. The van der Waals surface area contributed by atoms with Crippen LogP contribution in [-0.4, -0.2) is 17.6 Å². The summed E-state index contributed by atoms with van der Waals surface area (Å²) < 4.78 is 42.6. The Morgan fingerprint density at radius 1 is 1.26 bits per heavy atom. The zero-order chi connectivity index (χ0) is 17.0. The van der Waals surface area contributed by atoms with E-state index in [0.29, 0.717) is 11.1 Å². The summed E-state index contributed by atoms with van der Waals surface area (Å²) in [6.07, 6.45) is 2.30. The molecule has 0 saturated heterocycles. The first kappa shape index (κ1) is 16.6. The van der Waals surface area contributed by atoms with Gasteiger partial charge in [-0.05, 0) is 36.6 Å². The van der Waals surface area contributed by atoms with Crippen LogP contribution in [0.4, 0.5) is 13.2 Å². The van der Waals surface area contributed by atoms with Gasteiger partial charge in [-0.25, -0.2) is 9.78 Å². The quantitative estimate of drug-likeness (QED) is 0.636. The molecule has 0 amide bonds. The number of terminal acetylenes is 1. The standard InChI is InChI=1S/C17H12F3NO2/c1-3-15-14(16(22)23-4-2)9-12(10-21-15)11-5-7-13(8-6-11)17(18,19)20/h1,5-10H,4H2,2H3. The highest BCUT2D eigenvalue weighted by Crippen LogP contribution is 2.31. The Labute approximate surface area is 131 Å². The van der Waals surface area contributed by atoms with E-state index in [2.05, 4.69) is 10.9 Å². The SMILES string of the molecule is C#Cc1ncc(-c2ccc(C(F)(F)F)cc2)cc1C(=O)OCC. The van der Waals surface area contributed by atoms with Gasteiger partial charge in [0.25, 0.3) is 0 Å². The van der Waals surface area contributed by atoms with E-state index in [4.69, 9.17) is 11.2 Å². The van der Waals surface area contributed by atoms with Crippen LogP contribution in [0.1, 0.15) is 28.5 Å². The van der Waals surface area contributed by atoms with Crippen LogP contribution >= 0.6 is 0 Å². The summed E-state index contributed by atoms with van der Waals surface area (Å²) in [6.45, 7) is 1.83. The lowest BCUT2D eigenvalue weighted by atomic mass is 10.0. The van der Waals surface area contributed by atoms with E-state index in [1.807, 2.05) is 0 Å². The van der Waals surface area contributed by atoms with Crippen molar-refractivity contribution in [2.45, 2.75) is 13.1 Å². The Balaban J connectivity index is 2.43. The Morgan fingerprint density at radius 2 is 1.91 bits per heavy atom. The highest BCUT2D eigenvalue weighted by Gasteiger charge is 2.30. The minimum Gasteiger partial charge on any atom is -0.462 e. The largest absolute Gasteiger partial charge is 0.462 e. The van der Waals surface area contributed by atoms with Gasteiger partial charge in [-0.2, -0.15) is 13.2 Å². The number of benzene rings is 1. The van der Waals surface area contributed by atoms with E-state index < -0.39 is 17.7 Å². The van der Waals surface area contributed by atoms with Crippen molar-refractivity contribution in [3.63, 3.8) is 0 Å². The maximum atomic E-state index is 12.6. The first-order valence-corrected chi connectivity index (χ1v) is 6.68. The first-order valence-electron chi connectivity index (χ1n) is 6.68. The van der Waals surface area contributed by atoms with Gasteiger partial charge in [0.05, 0.1) is 17.7 Å². The number of rotatable bonds is 3. The topological polar surface area (TPSA) is 39.2 Å². The number of hydrogen-bond acceptors (Lipinski definition) is 3. The van der Waals surface area contributed by atoms with Crippen molar-refractivity contribution < 1.29 is 22.7 Å². The summed E-state index contributed by atoms with van der Waals surface area (Å²) >= 11 is 0. The zero-order valence-electron chi connectivity index (χ0n) is 12.1. The van der Waals surface area contributed by atoms with E-state index in [1.54, 1.807) is 6.92 Å². The summed E-state index contributed by atoms with van der Waals surface area (Å²) in [7, 11) is 0. The maximum absolute atomic E-state index is 12.6. The number of ether oxygens (including phenoxy) is 1. The average molecular weight is 319 g/mol. The van der Waals surface area contributed by atoms with Crippen LogP contribution in [0.25, 0.3) is 11.1 Å². The van der Waals surface area contributed by atoms with Gasteiger partial charge in [0.2, 0.25) is 0 Å². The molecule has 1 aromatic heterocycles. The molecule has 6 heteroatoms. The Morgan fingerprint density at radius 3 is 2.43 bits per heavy atom. The highest BCUT2D eigenvalue weighted by molar-refractivity contribution is 5.93. The molecule has 0 fully saturated rings. The van der Waals surface area contributed by atoms with Crippen LogP contribution in [0, 0.1) is 12.3 Å². The number of nitrogens with zero attached hydrogens (tertiary/aromatic N) is 1. The molecule has 1 aromatic carbocycles. The molecule has 3 nitrogen and oxygen atoms in total. The van der Waals surface area contributed by atoms with Crippen LogP contribution in [-0.2, 0) is 10.9 Å². The fourth-order valence-corrected chi connectivity index (χ4v) is 1.95. The fourth-order valence-electron chi connectivity index (χ4n) is 1.95. The normalized spacial score (nSPS) is 10.9. The van der Waals surface area contributed by atoms with Crippen molar-refractivity contribution in [3.8, 4) is 23.5 Å². The van der Waals surface area contributed by atoms with Gasteiger partial charge in [0, 0.05) is 11.8 Å². The third-order valence-electron chi connectivity index (χ3n) is 3.07. The van der Waals surface area contributed by atoms with E-state index in [-0.39, 0.29) is 17.9 Å². The summed E-state index contributed by atoms with van der Waals surface area (Å²) in [5.41, 5.74) is 0.436. The van der Waals surface area contributed by atoms with Gasteiger partial charge in [0.1, 0.15) is 5.69 Å². The number of pyridine rings is 1. The number of alkyl halides is 3. The monoisotopic (exact) mass is 319 g/mol. The predicted molar refractivity (Wildman–Crippen MR) is 78.6 cm³/mol. The molecule has 2 rings (SSSR count). The molecule has 23 heavy (non-hydrogen) atoms. The third kappa shape index (κ3) is 3.69. The second-order valence-electron chi connectivity index (χ2n) is 4.56. The highest BCUT2D eigenvalue weighted by atomic mass is 19.4. The molecule has 0 bridgehead atoms. The molecule has 0 radical (unpaired) electrons. The van der Waals surface area contributed by atoms with Crippen molar-refractivity contribution in [1.29, 1.82) is 0 Å². The number of carbonyl (C=O) groups excluding carboxylic acids is 1. The van der Waals surface area contributed by atoms with Crippen molar-refractivity contribution in [1.82, 2.24) is 4.98 Å². The minimum absolute atomic E-state index is 0.103. The minimum atomic E-state index is -4.40. The molecule has 0 aliphatic rings. The van der Waals surface area contributed by atoms with Crippen molar-refractivity contribution >= 4 is 5.97 Å². The molecule has 0 unspecified atom stereocenters. The lowest BCUT2D eigenvalue weighted by molar-refractivity contribution is -0.137. The first-order chi connectivity index (χ1) is 10.9. The Hall–Kier alpha value is -2.81. The molecule has 0 atom stereocenters. The summed E-state index contributed by atoms with van der Waals surface area (Å²) in [5.74, 6) is 1.66. The van der Waals surface area contributed by atoms with Crippen LogP contribution in [0.3, 0.4) is 0 Å². The molecule has 0 aliphatic carbocycles. The van der Waals surface area contributed by atoms with E-state index >= 15 is 0 Å². The number of halogens is 3. The van der Waals surface area contributed by atoms with Gasteiger partial charge in [-0.3, -0.25) is 0 Å². The number of carbonyl (C=O) groups is 1. The van der Waals surface area contributed by atoms with Crippen LogP contribution in [0.5, 0.6) is 0 Å². The predicted octanol–water partition coefficient (Wildman–Crippen LogP) is 3.93. The van der Waals surface area contributed by atoms with Crippen LogP contribution in [0.15, 0.2) is 36.5 Å². The Kier molecular flexibility index (Phi) is 4.70. The lowest BCUT2D eigenvalue weighted by Gasteiger charge is -2.09. The lowest BCUT2D eigenvalue weighted by Crippen LogP contribution is -2.08. The number of esters is 1. The molecular weight excluding hydrogens is 307 g/mol. The fraction of sp³-hybridized carbons (Fsp3) is 0.176. The van der Waals surface area contributed by atoms with Gasteiger partial charge < -0.3 is 4.74 Å². The summed E-state index contributed by atoms with van der Waals surface area (Å²) in [4.78, 5) is 15.9. The van der Waals surface area contributed by atoms with E-state index in [0.717, 1.165) is 12.1 Å². The molecule has 0 N–H and O–H groups in total.